The van der Waals surface area contributed by atoms with Crippen LogP contribution in [0.5, 0.6) is 0 Å². The third-order valence-corrected chi connectivity index (χ3v) is 12.7. The molecule has 65 heavy (non-hydrogen) atoms. The van der Waals surface area contributed by atoms with Gasteiger partial charge in [0, 0.05) is 55.1 Å². The molecule has 0 bridgehead atoms. The number of hydrogen-bond acceptors (Lipinski definition) is 1. The van der Waals surface area contributed by atoms with Crippen molar-refractivity contribution in [3.63, 3.8) is 0 Å². The summed E-state index contributed by atoms with van der Waals surface area (Å²) in [5.41, 5.74) is 22.7. The van der Waals surface area contributed by atoms with Crippen LogP contribution in [0.1, 0.15) is 30.5 Å². The molecule has 2 N–H and O–H groups in total. The van der Waals surface area contributed by atoms with Gasteiger partial charge in [-0.15, -0.1) is 0 Å². The highest BCUT2D eigenvalue weighted by Gasteiger charge is 2.16. The van der Waals surface area contributed by atoms with Crippen molar-refractivity contribution in [1.82, 2.24) is 13.7 Å². The van der Waals surface area contributed by atoms with Crippen LogP contribution in [-0.4, -0.2) is 13.7 Å². The standard InChI is InChI=1S/C59H42N4.C2H6/c60-53(43-18-15-21-46(38-43)63-58-32-11-5-26-51(58)52-27-6-12-33-59(52)63)39-42(41-17-14-20-45(37-41)62-56-30-9-3-24-49(56)50-25-4-10-31-57(50)62)35-34-40-16-13-19-44(36-40)61-54-28-7-1-22-47(54)48-23-2-8-29-55(48)61;1-2/h1-33,35-39H,34,60H2;1-2H3/b42-35+,53-39-;. The van der Waals surface area contributed by atoms with Gasteiger partial charge in [0.15, 0.2) is 0 Å². The lowest BCUT2D eigenvalue weighted by Gasteiger charge is -2.13. The Hall–Kier alpha value is -8.34. The first kappa shape index (κ1) is 39.5. The van der Waals surface area contributed by atoms with Gasteiger partial charge < -0.3 is 19.4 Å². The predicted molar refractivity (Wildman–Crippen MR) is 278 cm³/mol. The largest absolute Gasteiger partial charge is 0.398 e. The van der Waals surface area contributed by atoms with E-state index in [1.54, 1.807) is 0 Å². The molecule has 0 saturated carbocycles. The lowest BCUT2D eigenvalue weighted by molar-refractivity contribution is 1.15. The van der Waals surface area contributed by atoms with Crippen molar-refractivity contribution in [2.24, 2.45) is 5.73 Å². The van der Waals surface area contributed by atoms with Crippen LogP contribution in [0.3, 0.4) is 0 Å². The molecule has 0 spiro atoms. The second-order valence-electron chi connectivity index (χ2n) is 16.3. The second-order valence-corrected chi connectivity index (χ2v) is 16.3. The number of nitrogens with two attached hydrogens (primary N) is 1. The van der Waals surface area contributed by atoms with E-state index in [4.69, 9.17) is 5.73 Å². The molecular weight excluding hydrogens is 789 g/mol. The van der Waals surface area contributed by atoms with Gasteiger partial charge in [-0.2, -0.15) is 0 Å². The molecule has 3 aromatic heterocycles. The van der Waals surface area contributed by atoms with E-state index >= 15 is 0 Å². The van der Waals surface area contributed by atoms with Crippen molar-refractivity contribution < 1.29 is 0 Å². The van der Waals surface area contributed by atoms with E-state index in [2.05, 4.69) is 244 Å². The molecule has 0 aliphatic carbocycles. The average molecular weight is 837 g/mol. The number of fused-ring (bicyclic) bond motifs is 9. The molecule has 0 aliphatic rings. The molecule has 0 fully saturated rings. The first-order valence-electron chi connectivity index (χ1n) is 22.6. The van der Waals surface area contributed by atoms with E-state index < -0.39 is 0 Å². The lowest BCUT2D eigenvalue weighted by atomic mass is 9.99. The Balaban J connectivity index is 0.00000231. The molecule has 12 rings (SSSR count). The van der Waals surface area contributed by atoms with Gasteiger partial charge in [-0.1, -0.05) is 166 Å². The highest BCUT2D eigenvalue weighted by molar-refractivity contribution is 6.11. The van der Waals surface area contributed by atoms with Gasteiger partial charge >= 0.3 is 0 Å². The molecule has 0 aliphatic heterocycles. The van der Waals surface area contributed by atoms with Gasteiger partial charge in [-0.05, 0) is 108 Å². The molecule has 0 amide bonds. The minimum Gasteiger partial charge on any atom is -0.398 e. The van der Waals surface area contributed by atoms with Crippen molar-refractivity contribution in [2.45, 2.75) is 20.3 Å². The van der Waals surface area contributed by atoms with Crippen LogP contribution in [-0.2, 0) is 6.42 Å². The molecule has 3 heterocycles. The van der Waals surface area contributed by atoms with Crippen LogP contribution < -0.4 is 5.73 Å². The molecule has 4 nitrogen and oxygen atoms in total. The maximum absolute atomic E-state index is 7.23. The number of hydrogen-bond donors (Lipinski definition) is 1. The zero-order valence-electron chi connectivity index (χ0n) is 36.6. The van der Waals surface area contributed by atoms with Crippen molar-refractivity contribution in [2.75, 3.05) is 0 Å². The summed E-state index contributed by atoms with van der Waals surface area (Å²) in [5, 5.41) is 7.46. The summed E-state index contributed by atoms with van der Waals surface area (Å²) in [6.45, 7) is 4.00. The van der Waals surface area contributed by atoms with E-state index in [1.165, 1.54) is 71.0 Å². The topological polar surface area (TPSA) is 40.8 Å². The highest BCUT2D eigenvalue weighted by atomic mass is 15.0. The molecule has 0 unspecified atom stereocenters. The fraction of sp³-hybridized carbons (Fsp3) is 0.0492. The smallest absolute Gasteiger partial charge is 0.0541 e. The van der Waals surface area contributed by atoms with Gasteiger partial charge in [-0.3, -0.25) is 0 Å². The quantitative estimate of drug-likeness (QED) is 0.152. The molecule has 4 heteroatoms. The molecule has 0 radical (unpaired) electrons. The number of benzene rings is 9. The third-order valence-electron chi connectivity index (χ3n) is 12.7. The van der Waals surface area contributed by atoms with Crippen LogP contribution in [0.2, 0.25) is 0 Å². The Labute approximate surface area is 379 Å². The van der Waals surface area contributed by atoms with Gasteiger partial charge in [0.25, 0.3) is 0 Å². The van der Waals surface area contributed by atoms with E-state index in [0.717, 1.165) is 33.8 Å². The van der Waals surface area contributed by atoms with E-state index in [9.17, 15) is 0 Å². The van der Waals surface area contributed by atoms with Gasteiger partial charge in [-0.25, -0.2) is 0 Å². The van der Waals surface area contributed by atoms with E-state index in [1.807, 2.05) is 13.8 Å². The number of para-hydroxylation sites is 6. The number of aromatic nitrogens is 3. The summed E-state index contributed by atoms with van der Waals surface area (Å²) >= 11 is 0. The fourth-order valence-electron chi connectivity index (χ4n) is 9.81. The van der Waals surface area contributed by atoms with Crippen LogP contribution in [0, 0.1) is 0 Å². The number of rotatable bonds is 8. The average Bonchev–Trinajstić information content (AvgIpc) is 4.02. The minimum absolute atomic E-state index is 0.699. The fourth-order valence-corrected chi connectivity index (χ4v) is 9.81. The summed E-state index contributed by atoms with van der Waals surface area (Å²) in [7, 11) is 0. The highest BCUT2D eigenvalue weighted by Crippen LogP contribution is 2.36. The van der Waals surface area contributed by atoms with Gasteiger partial charge in [0.1, 0.15) is 0 Å². The first-order chi connectivity index (χ1) is 32.2. The maximum Gasteiger partial charge on any atom is 0.0541 e. The van der Waals surface area contributed by atoms with Crippen LogP contribution in [0.4, 0.5) is 0 Å². The second kappa shape index (κ2) is 16.7. The summed E-state index contributed by atoms with van der Waals surface area (Å²) in [4.78, 5) is 0. The molecule has 0 saturated heterocycles. The number of allylic oxidation sites excluding steroid dienone is 3. The normalized spacial score (nSPS) is 12.2. The van der Waals surface area contributed by atoms with Crippen LogP contribution in [0.15, 0.2) is 231 Å². The Morgan fingerprint density at radius 2 is 0.692 bits per heavy atom. The zero-order valence-corrected chi connectivity index (χ0v) is 36.6. The van der Waals surface area contributed by atoms with Crippen molar-refractivity contribution in [3.05, 3.63) is 247 Å². The molecule has 312 valence electrons. The maximum atomic E-state index is 7.23. The van der Waals surface area contributed by atoms with Gasteiger partial charge in [0.2, 0.25) is 0 Å². The molecule has 9 aromatic carbocycles. The van der Waals surface area contributed by atoms with Crippen molar-refractivity contribution in [3.8, 4) is 17.1 Å². The number of nitrogens with zero attached hydrogens (tertiary/aromatic N) is 3. The Kier molecular flexibility index (Phi) is 10.2. The molecular formula is C61H48N4. The summed E-state index contributed by atoms with van der Waals surface area (Å²) in [5.74, 6) is 0. The first-order valence-corrected chi connectivity index (χ1v) is 22.6. The van der Waals surface area contributed by atoms with E-state index in [-0.39, 0.29) is 0 Å². The summed E-state index contributed by atoms with van der Waals surface area (Å²) in [6.07, 6.45) is 5.21. The SMILES string of the molecule is CC.N/C(=C\C(=C/Cc1cccc(-n2c3ccccc3c3ccccc32)c1)c1cccc(-n2c3ccccc3c3ccccc32)c1)c1cccc(-n2c3ccccc3c3ccccc32)c1. The van der Waals surface area contributed by atoms with Gasteiger partial charge in [0.05, 0.1) is 33.1 Å². The summed E-state index contributed by atoms with van der Waals surface area (Å²) < 4.78 is 7.11. The molecule has 12 aromatic rings. The predicted octanol–water partition coefficient (Wildman–Crippen LogP) is 15.6. The minimum atomic E-state index is 0.699. The monoisotopic (exact) mass is 836 g/mol. The van der Waals surface area contributed by atoms with E-state index in [0.29, 0.717) is 12.1 Å². The Bertz CT molecular complexity index is 3630. The Morgan fingerprint density at radius 3 is 1.09 bits per heavy atom. The van der Waals surface area contributed by atoms with Crippen LogP contribution >= 0.6 is 0 Å². The Morgan fingerprint density at radius 1 is 0.369 bits per heavy atom. The third kappa shape index (κ3) is 6.88. The lowest BCUT2D eigenvalue weighted by Crippen LogP contribution is -2.01. The van der Waals surface area contributed by atoms with Crippen LogP contribution in [0.25, 0.3) is 93.7 Å². The van der Waals surface area contributed by atoms with Crippen molar-refractivity contribution >= 4 is 76.7 Å². The zero-order chi connectivity index (χ0) is 43.9. The summed E-state index contributed by atoms with van der Waals surface area (Å²) in [6, 6.07) is 78.4. The van der Waals surface area contributed by atoms with Crippen molar-refractivity contribution in [1.29, 1.82) is 0 Å². The molecule has 0 atom stereocenters.